The molecule has 0 saturated heterocycles. The van der Waals surface area contributed by atoms with E-state index in [2.05, 4.69) is 36.2 Å². The van der Waals surface area contributed by atoms with Crippen molar-refractivity contribution in [3.63, 3.8) is 0 Å². The van der Waals surface area contributed by atoms with Crippen molar-refractivity contribution in [2.24, 2.45) is 5.41 Å². The lowest BCUT2D eigenvalue weighted by molar-refractivity contribution is -0.115. The number of hydrogen-bond donors (Lipinski definition) is 1. The number of anilines is 3. The van der Waals surface area contributed by atoms with E-state index in [9.17, 15) is 4.79 Å². The van der Waals surface area contributed by atoms with E-state index in [1.165, 1.54) is 18.3 Å². The van der Waals surface area contributed by atoms with Crippen LogP contribution >= 0.6 is 11.3 Å². The van der Waals surface area contributed by atoms with Crippen molar-refractivity contribution < 1.29 is 9.53 Å². The predicted octanol–water partition coefficient (Wildman–Crippen LogP) is 4.69. The summed E-state index contributed by atoms with van der Waals surface area (Å²) in [6.07, 6.45) is 3.82. The van der Waals surface area contributed by atoms with E-state index < -0.39 is 0 Å². The van der Waals surface area contributed by atoms with Crippen LogP contribution in [-0.2, 0) is 17.9 Å². The van der Waals surface area contributed by atoms with Gasteiger partial charge in [0.25, 0.3) is 0 Å². The molecule has 0 fully saturated rings. The minimum absolute atomic E-state index is 0.0903. The number of aromatic nitrogens is 3. The minimum Gasteiger partial charge on any atom is -0.497 e. The second kappa shape index (κ2) is 8.65. The third-order valence-electron chi connectivity index (χ3n) is 4.12. The number of benzene rings is 1. The Morgan fingerprint density at radius 2 is 2.00 bits per heavy atom. The van der Waals surface area contributed by atoms with E-state index in [1.54, 1.807) is 12.0 Å². The lowest BCUT2D eigenvalue weighted by atomic mass is 9.97. The SMILES string of the molecule is COc1ccc(N(C(C)=O)c2nc(CNc3cnn(CC(C)(C)C)c3)cs2)cc1. The molecule has 0 radical (unpaired) electrons. The Kier molecular flexibility index (Phi) is 6.22. The van der Waals surface area contributed by atoms with Crippen LogP contribution in [0.15, 0.2) is 42.0 Å². The molecule has 0 atom stereocenters. The number of thiazole rings is 1. The highest BCUT2D eigenvalue weighted by Gasteiger charge is 2.18. The standard InChI is InChI=1S/C21H27N5O2S/c1-15(27)26(18-6-8-19(28-5)9-7-18)20-24-17(13-29-20)10-22-16-11-23-25(12-16)14-21(2,3)4/h6-9,11-13,22H,10,14H2,1-5H3. The first kappa shape index (κ1) is 20.9. The van der Waals surface area contributed by atoms with Crippen LogP contribution in [0, 0.1) is 5.41 Å². The largest absolute Gasteiger partial charge is 0.497 e. The fraction of sp³-hybridized carbons (Fsp3) is 0.381. The van der Waals surface area contributed by atoms with Crippen LogP contribution in [-0.4, -0.2) is 27.8 Å². The van der Waals surface area contributed by atoms with Gasteiger partial charge in [0.1, 0.15) is 5.75 Å². The van der Waals surface area contributed by atoms with Gasteiger partial charge in [-0.1, -0.05) is 20.8 Å². The fourth-order valence-corrected chi connectivity index (χ4v) is 3.75. The Labute approximate surface area is 175 Å². The number of carbonyl (C=O) groups excluding carboxylic acids is 1. The molecule has 3 aromatic rings. The average Bonchev–Trinajstić information content (AvgIpc) is 3.28. The summed E-state index contributed by atoms with van der Waals surface area (Å²) in [5, 5.41) is 10.3. The molecule has 0 spiro atoms. The van der Waals surface area contributed by atoms with Crippen molar-refractivity contribution in [1.82, 2.24) is 14.8 Å². The molecule has 1 N–H and O–H groups in total. The lowest BCUT2D eigenvalue weighted by Crippen LogP contribution is -2.22. The highest BCUT2D eigenvalue weighted by Crippen LogP contribution is 2.30. The topological polar surface area (TPSA) is 72.3 Å². The first-order valence-corrected chi connectivity index (χ1v) is 10.3. The molecular formula is C21H27N5O2S. The summed E-state index contributed by atoms with van der Waals surface area (Å²) < 4.78 is 7.13. The van der Waals surface area contributed by atoms with E-state index in [1.807, 2.05) is 46.7 Å². The highest BCUT2D eigenvalue weighted by molar-refractivity contribution is 7.14. The summed E-state index contributed by atoms with van der Waals surface area (Å²) >= 11 is 1.44. The molecule has 0 unspecified atom stereocenters. The zero-order valence-corrected chi connectivity index (χ0v) is 18.3. The number of hydrogen-bond acceptors (Lipinski definition) is 6. The summed E-state index contributed by atoms with van der Waals surface area (Å²) in [6.45, 7) is 9.50. The molecule has 1 amide bonds. The summed E-state index contributed by atoms with van der Waals surface area (Å²) in [5.41, 5.74) is 2.75. The Bertz CT molecular complexity index is 956. The maximum absolute atomic E-state index is 12.2. The van der Waals surface area contributed by atoms with Gasteiger partial charge in [0, 0.05) is 25.0 Å². The minimum atomic E-state index is -0.0903. The second-order valence-corrected chi connectivity index (χ2v) is 8.85. The van der Waals surface area contributed by atoms with Crippen LogP contribution in [0.1, 0.15) is 33.4 Å². The van der Waals surface area contributed by atoms with Crippen LogP contribution in [0.25, 0.3) is 0 Å². The molecule has 2 aromatic heterocycles. The molecule has 0 aliphatic heterocycles. The van der Waals surface area contributed by atoms with E-state index in [-0.39, 0.29) is 11.3 Å². The summed E-state index contributed by atoms with van der Waals surface area (Å²) in [5.74, 6) is 0.653. The maximum Gasteiger partial charge on any atom is 0.230 e. The molecule has 7 nitrogen and oxygen atoms in total. The van der Waals surface area contributed by atoms with Crippen LogP contribution in [0.2, 0.25) is 0 Å². The second-order valence-electron chi connectivity index (χ2n) is 8.01. The molecule has 29 heavy (non-hydrogen) atoms. The molecule has 0 aliphatic carbocycles. The number of nitrogens with zero attached hydrogens (tertiary/aromatic N) is 4. The van der Waals surface area contributed by atoms with Crippen molar-refractivity contribution in [2.75, 3.05) is 17.3 Å². The van der Waals surface area contributed by atoms with Gasteiger partial charge >= 0.3 is 0 Å². The Balaban J connectivity index is 1.68. The van der Waals surface area contributed by atoms with Gasteiger partial charge in [-0.15, -0.1) is 11.3 Å². The van der Waals surface area contributed by atoms with Crippen LogP contribution in [0.5, 0.6) is 5.75 Å². The molecular weight excluding hydrogens is 386 g/mol. The third kappa shape index (κ3) is 5.57. The molecule has 1 aromatic carbocycles. The molecule has 154 valence electrons. The highest BCUT2D eigenvalue weighted by atomic mass is 32.1. The Hall–Kier alpha value is -2.87. The molecule has 0 saturated carbocycles. The molecule has 0 aliphatic rings. The summed E-state index contributed by atoms with van der Waals surface area (Å²) in [7, 11) is 1.62. The van der Waals surface area contributed by atoms with E-state index >= 15 is 0 Å². The number of ether oxygens (including phenoxy) is 1. The van der Waals surface area contributed by atoms with Gasteiger partial charge in [-0.05, 0) is 29.7 Å². The maximum atomic E-state index is 12.2. The number of rotatable bonds is 7. The number of carbonyl (C=O) groups is 1. The van der Waals surface area contributed by atoms with E-state index in [0.29, 0.717) is 11.7 Å². The van der Waals surface area contributed by atoms with Crippen molar-refractivity contribution in [2.45, 2.75) is 40.8 Å². The lowest BCUT2D eigenvalue weighted by Gasteiger charge is -2.18. The van der Waals surface area contributed by atoms with Crippen molar-refractivity contribution >= 4 is 33.8 Å². The zero-order chi connectivity index (χ0) is 21.0. The number of nitrogens with one attached hydrogen (secondary N) is 1. The van der Waals surface area contributed by atoms with Gasteiger partial charge in [0.05, 0.1) is 36.9 Å². The first-order valence-electron chi connectivity index (χ1n) is 9.41. The van der Waals surface area contributed by atoms with Crippen molar-refractivity contribution in [3.8, 4) is 5.75 Å². The number of methoxy groups -OCH3 is 1. The van der Waals surface area contributed by atoms with Gasteiger partial charge in [0.15, 0.2) is 5.13 Å². The Morgan fingerprint density at radius 3 is 2.62 bits per heavy atom. The molecule has 2 heterocycles. The third-order valence-corrected chi connectivity index (χ3v) is 4.99. The molecule has 3 rings (SSSR count). The Morgan fingerprint density at radius 1 is 1.28 bits per heavy atom. The molecule has 8 heteroatoms. The smallest absolute Gasteiger partial charge is 0.230 e. The van der Waals surface area contributed by atoms with E-state index in [0.717, 1.165) is 29.4 Å². The van der Waals surface area contributed by atoms with Crippen LogP contribution in [0.4, 0.5) is 16.5 Å². The van der Waals surface area contributed by atoms with Crippen molar-refractivity contribution in [1.29, 1.82) is 0 Å². The van der Waals surface area contributed by atoms with Crippen LogP contribution in [0.3, 0.4) is 0 Å². The van der Waals surface area contributed by atoms with E-state index in [4.69, 9.17) is 4.74 Å². The van der Waals surface area contributed by atoms with Crippen molar-refractivity contribution in [3.05, 3.63) is 47.7 Å². The fourth-order valence-electron chi connectivity index (χ4n) is 2.86. The van der Waals surface area contributed by atoms with Gasteiger partial charge < -0.3 is 10.1 Å². The predicted molar refractivity (Wildman–Crippen MR) is 117 cm³/mol. The first-order chi connectivity index (χ1) is 13.7. The summed E-state index contributed by atoms with van der Waals surface area (Å²) in [6, 6.07) is 7.36. The molecule has 0 bridgehead atoms. The van der Waals surface area contributed by atoms with Crippen LogP contribution < -0.4 is 15.0 Å². The van der Waals surface area contributed by atoms with Gasteiger partial charge in [0.2, 0.25) is 5.91 Å². The van der Waals surface area contributed by atoms with Gasteiger partial charge in [-0.2, -0.15) is 5.10 Å². The zero-order valence-electron chi connectivity index (χ0n) is 17.5. The van der Waals surface area contributed by atoms with Gasteiger partial charge in [-0.25, -0.2) is 4.98 Å². The monoisotopic (exact) mass is 413 g/mol. The normalized spacial score (nSPS) is 11.3. The quantitative estimate of drug-likeness (QED) is 0.608. The average molecular weight is 414 g/mol. The number of amides is 1. The summed E-state index contributed by atoms with van der Waals surface area (Å²) in [4.78, 5) is 18.5. The van der Waals surface area contributed by atoms with Gasteiger partial charge in [-0.3, -0.25) is 14.4 Å².